The Labute approximate surface area is 119 Å². The summed E-state index contributed by atoms with van der Waals surface area (Å²) in [6, 6.07) is 0.338. The topological polar surface area (TPSA) is 41.1 Å². The summed E-state index contributed by atoms with van der Waals surface area (Å²) in [6.45, 7) is 10.2. The van der Waals surface area contributed by atoms with Crippen molar-refractivity contribution in [3.05, 3.63) is 0 Å². The molecule has 0 saturated heterocycles. The fraction of sp³-hybridized carbons (Fsp3) is 0.938. The van der Waals surface area contributed by atoms with Gasteiger partial charge in [0.25, 0.3) is 0 Å². The highest BCUT2D eigenvalue weighted by Gasteiger charge is 2.06. The highest BCUT2D eigenvalue weighted by molar-refractivity contribution is 5.78. The summed E-state index contributed by atoms with van der Waals surface area (Å²) in [6.07, 6.45) is 8.47. The maximum Gasteiger partial charge on any atom is 0.234 e. The van der Waals surface area contributed by atoms with Crippen LogP contribution in [-0.2, 0) is 4.79 Å². The number of hydrogen-bond donors (Lipinski definition) is 2. The zero-order chi connectivity index (χ0) is 14.5. The molecule has 0 aromatic heterocycles. The lowest BCUT2D eigenvalue weighted by molar-refractivity contribution is -0.121. The summed E-state index contributed by atoms with van der Waals surface area (Å²) < 4.78 is 0. The molecule has 19 heavy (non-hydrogen) atoms. The molecule has 0 unspecified atom stereocenters. The molecule has 3 heteroatoms. The molecule has 0 aliphatic carbocycles. The third-order valence-corrected chi connectivity index (χ3v) is 3.52. The Balaban J connectivity index is 3.32. The maximum atomic E-state index is 11.6. The van der Waals surface area contributed by atoms with Crippen molar-refractivity contribution in [1.82, 2.24) is 10.6 Å². The van der Waals surface area contributed by atoms with Crippen LogP contribution in [0.2, 0.25) is 0 Å². The first kappa shape index (κ1) is 18.4. The van der Waals surface area contributed by atoms with Crippen LogP contribution in [0.4, 0.5) is 0 Å². The van der Waals surface area contributed by atoms with E-state index in [1.54, 1.807) is 0 Å². The zero-order valence-corrected chi connectivity index (χ0v) is 13.4. The minimum Gasteiger partial charge on any atom is -0.352 e. The summed E-state index contributed by atoms with van der Waals surface area (Å²) in [5, 5.41) is 6.26. The summed E-state index contributed by atoms with van der Waals surface area (Å²) in [4.78, 5) is 11.6. The van der Waals surface area contributed by atoms with Crippen LogP contribution in [0.25, 0.3) is 0 Å². The lowest BCUT2D eigenvalue weighted by Crippen LogP contribution is -2.40. The fourth-order valence-electron chi connectivity index (χ4n) is 2.13. The average molecular weight is 270 g/mol. The van der Waals surface area contributed by atoms with E-state index in [-0.39, 0.29) is 5.91 Å². The van der Waals surface area contributed by atoms with Gasteiger partial charge in [-0.1, -0.05) is 53.4 Å². The van der Waals surface area contributed by atoms with Gasteiger partial charge in [0.05, 0.1) is 6.54 Å². The standard InChI is InChI=1S/C16H34N2O/c1-5-15(6-2)18-16(19)13-17-12-10-8-7-9-11-14(3)4/h14-15,17H,5-13H2,1-4H3,(H,18,19). The Morgan fingerprint density at radius 3 is 2.21 bits per heavy atom. The Morgan fingerprint density at radius 1 is 1.00 bits per heavy atom. The molecule has 2 N–H and O–H groups in total. The number of carbonyl (C=O) groups is 1. The quantitative estimate of drug-likeness (QED) is 0.533. The van der Waals surface area contributed by atoms with Gasteiger partial charge >= 0.3 is 0 Å². The molecule has 0 heterocycles. The zero-order valence-electron chi connectivity index (χ0n) is 13.4. The minimum absolute atomic E-state index is 0.133. The molecular weight excluding hydrogens is 236 g/mol. The van der Waals surface area contributed by atoms with Crippen LogP contribution < -0.4 is 10.6 Å². The first-order valence-corrected chi connectivity index (χ1v) is 8.10. The van der Waals surface area contributed by atoms with Crippen molar-refractivity contribution in [3.63, 3.8) is 0 Å². The van der Waals surface area contributed by atoms with Crippen LogP contribution in [0.5, 0.6) is 0 Å². The second-order valence-corrected chi connectivity index (χ2v) is 5.85. The van der Waals surface area contributed by atoms with Crippen molar-refractivity contribution >= 4 is 5.91 Å². The van der Waals surface area contributed by atoms with E-state index in [4.69, 9.17) is 0 Å². The van der Waals surface area contributed by atoms with Crippen LogP contribution in [0.15, 0.2) is 0 Å². The van der Waals surface area contributed by atoms with Crippen LogP contribution in [0, 0.1) is 5.92 Å². The predicted molar refractivity (Wildman–Crippen MR) is 83.3 cm³/mol. The molecule has 114 valence electrons. The van der Waals surface area contributed by atoms with E-state index in [1.807, 2.05) is 0 Å². The molecular formula is C16H34N2O. The van der Waals surface area contributed by atoms with Gasteiger partial charge in [0.2, 0.25) is 5.91 Å². The first-order chi connectivity index (χ1) is 9.10. The van der Waals surface area contributed by atoms with E-state index < -0.39 is 0 Å². The smallest absolute Gasteiger partial charge is 0.234 e. The maximum absolute atomic E-state index is 11.6. The average Bonchev–Trinajstić information content (AvgIpc) is 2.38. The van der Waals surface area contributed by atoms with Gasteiger partial charge in [0.15, 0.2) is 0 Å². The van der Waals surface area contributed by atoms with Gasteiger partial charge in [-0.05, 0) is 31.7 Å². The van der Waals surface area contributed by atoms with E-state index >= 15 is 0 Å². The lowest BCUT2D eigenvalue weighted by atomic mass is 10.0. The third-order valence-electron chi connectivity index (χ3n) is 3.52. The van der Waals surface area contributed by atoms with Gasteiger partial charge in [-0.25, -0.2) is 0 Å². The number of rotatable bonds is 12. The van der Waals surface area contributed by atoms with E-state index in [1.165, 1.54) is 32.1 Å². The first-order valence-electron chi connectivity index (χ1n) is 8.10. The molecule has 0 aliphatic heterocycles. The van der Waals surface area contributed by atoms with E-state index in [0.29, 0.717) is 12.6 Å². The van der Waals surface area contributed by atoms with Crippen LogP contribution >= 0.6 is 0 Å². The third kappa shape index (κ3) is 12.2. The van der Waals surface area contributed by atoms with Crippen molar-refractivity contribution in [2.75, 3.05) is 13.1 Å². The van der Waals surface area contributed by atoms with E-state index in [0.717, 1.165) is 25.3 Å². The monoisotopic (exact) mass is 270 g/mol. The summed E-state index contributed by atoms with van der Waals surface area (Å²) >= 11 is 0. The van der Waals surface area contributed by atoms with E-state index in [9.17, 15) is 4.79 Å². The molecule has 0 spiro atoms. The summed E-state index contributed by atoms with van der Waals surface area (Å²) in [5.41, 5.74) is 0. The van der Waals surface area contributed by atoms with Crippen molar-refractivity contribution < 1.29 is 4.79 Å². The van der Waals surface area contributed by atoms with Gasteiger partial charge in [-0.2, -0.15) is 0 Å². The van der Waals surface area contributed by atoms with Crippen LogP contribution in [-0.4, -0.2) is 25.0 Å². The number of amides is 1. The second-order valence-electron chi connectivity index (χ2n) is 5.85. The molecule has 0 radical (unpaired) electrons. The van der Waals surface area contributed by atoms with Gasteiger partial charge < -0.3 is 10.6 Å². The minimum atomic E-state index is 0.133. The molecule has 0 bridgehead atoms. The summed E-state index contributed by atoms with van der Waals surface area (Å²) in [7, 11) is 0. The Hall–Kier alpha value is -0.570. The molecule has 1 amide bonds. The van der Waals surface area contributed by atoms with Crippen molar-refractivity contribution in [2.45, 2.75) is 78.7 Å². The van der Waals surface area contributed by atoms with Gasteiger partial charge in [-0.3, -0.25) is 4.79 Å². The molecule has 3 nitrogen and oxygen atoms in total. The highest BCUT2D eigenvalue weighted by atomic mass is 16.1. The fourth-order valence-corrected chi connectivity index (χ4v) is 2.13. The van der Waals surface area contributed by atoms with E-state index in [2.05, 4.69) is 38.3 Å². The Kier molecular flexibility index (Phi) is 12.1. The largest absolute Gasteiger partial charge is 0.352 e. The molecule has 0 aromatic rings. The molecule has 0 rings (SSSR count). The van der Waals surface area contributed by atoms with Crippen molar-refractivity contribution in [1.29, 1.82) is 0 Å². The molecule has 0 aromatic carbocycles. The van der Waals surface area contributed by atoms with Crippen molar-refractivity contribution in [3.8, 4) is 0 Å². The van der Waals surface area contributed by atoms with Gasteiger partial charge in [0.1, 0.15) is 0 Å². The SMILES string of the molecule is CCC(CC)NC(=O)CNCCCCCCC(C)C. The molecule has 0 aliphatic rings. The number of carbonyl (C=O) groups excluding carboxylic acids is 1. The molecule has 0 saturated carbocycles. The van der Waals surface area contributed by atoms with Crippen molar-refractivity contribution in [2.24, 2.45) is 5.92 Å². The normalized spacial score (nSPS) is 11.3. The molecule has 0 atom stereocenters. The predicted octanol–water partition coefficient (Wildman–Crippen LogP) is 3.49. The molecule has 0 fully saturated rings. The van der Waals surface area contributed by atoms with Crippen LogP contribution in [0.3, 0.4) is 0 Å². The number of unbranched alkanes of at least 4 members (excludes halogenated alkanes) is 3. The Morgan fingerprint density at radius 2 is 1.63 bits per heavy atom. The number of nitrogens with one attached hydrogen (secondary N) is 2. The van der Waals surface area contributed by atoms with Gasteiger partial charge in [0, 0.05) is 6.04 Å². The second kappa shape index (κ2) is 12.5. The lowest BCUT2D eigenvalue weighted by Gasteiger charge is -2.14. The van der Waals surface area contributed by atoms with Crippen LogP contribution in [0.1, 0.15) is 72.6 Å². The Bertz CT molecular complexity index is 213. The summed E-state index contributed by atoms with van der Waals surface area (Å²) in [5.74, 6) is 0.959. The highest BCUT2D eigenvalue weighted by Crippen LogP contribution is 2.08. The van der Waals surface area contributed by atoms with Gasteiger partial charge in [-0.15, -0.1) is 0 Å². The number of hydrogen-bond acceptors (Lipinski definition) is 2.